The fourth-order valence-corrected chi connectivity index (χ4v) is 1.89. The molecule has 1 heterocycles. The second-order valence-electron chi connectivity index (χ2n) is 3.64. The maximum absolute atomic E-state index is 10.8. The van der Waals surface area contributed by atoms with Crippen molar-refractivity contribution in [1.29, 1.82) is 0 Å². The van der Waals surface area contributed by atoms with Gasteiger partial charge in [0.25, 0.3) is 0 Å². The van der Waals surface area contributed by atoms with Gasteiger partial charge in [0, 0.05) is 6.04 Å². The molecule has 0 saturated heterocycles. The van der Waals surface area contributed by atoms with Gasteiger partial charge in [-0.25, -0.2) is 4.79 Å². The van der Waals surface area contributed by atoms with Gasteiger partial charge < -0.3 is 10.4 Å². The topological polar surface area (TPSA) is 49.3 Å². The quantitative estimate of drug-likeness (QED) is 0.708. The fourth-order valence-electron chi connectivity index (χ4n) is 1.89. The minimum absolute atomic E-state index is 0.262. The summed E-state index contributed by atoms with van der Waals surface area (Å²) in [6.07, 6.45) is 0.986. The number of aromatic carboxylic acids is 1. The van der Waals surface area contributed by atoms with Crippen molar-refractivity contribution in [3.63, 3.8) is 0 Å². The lowest BCUT2D eigenvalue weighted by Crippen LogP contribution is -2.28. The molecule has 0 amide bonds. The first kappa shape index (κ1) is 9.21. The second kappa shape index (κ2) is 3.42. The minimum atomic E-state index is -0.856. The van der Waals surface area contributed by atoms with E-state index >= 15 is 0 Å². The molecule has 0 spiro atoms. The molecule has 14 heavy (non-hydrogen) atoms. The molecule has 0 bridgehead atoms. The summed E-state index contributed by atoms with van der Waals surface area (Å²) in [7, 11) is 0. The standard InChI is InChI=1S/C11H13NO2/c1-7-10-6-9(11(13)14)3-2-8(10)4-5-12-7/h2-3,6-7,12H,4-5H2,1H3,(H,13,14)/t7-/m1/s1. The first-order valence-corrected chi connectivity index (χ1v) is 4.78. The lowest BCUT2D eigenvalue weighted by atomic mass is 9.93. The molecule has 74 valence electrons. The van der Waals surface area contributed by atoms with Crippen LogP contribution in [-0.4, -0.2) is 17.6 Å². The van der Waals surface area contributed by atoms with Crippen LogP contribution in [0.4, 0.5) is 0 Å². The highest BCUT2D eigenvalue weighted by Gasteiger charge is 2.16. The molecule has 1 aliphatic heterocycles. The Morgan fingerprint density at radius 1 is 1.57 bits per heavy atom. The van der Waals surface area contributed by atoms with Gasteiger partial charge in [-0.1, -0.05) is 6.07 Å². The highest BCUT2D eigenvalue weighted by atomic mass is 16.4. The van der Waals surface area contributed by atoms with Crippen LogP contribution < -0.4 is 5.32 Å². The summed E-state index contributed by atoms with van der Waals surface area (Å²) < 4.78 is 0. The number of carboxylic acid groups (broad SMARTS) is 1. The number of hydrogen-bond acceptors (Lipinski definition) is 2. The number of benzene rings is 1. The second-order valence-corrected chi connectivity index (χ2v) is 3.64. The van der Waals surface area contributed by atoms with Crippen LogP contribution in [0.5, 0.6) is 0 Å². The number of nitrogens with one attached hydrogen (secondary N) is 1. The largest absolute Gasteiger partial charge is 0.478 e. The molecule has 0 unspecified atom stereocenters. The monoisotopic (exact) mass is 191 g/mol. The van der Waals surface area contributed by atoms with Gasteiger partial charge in [0.15, 0.2) is 0 Å². The highest BCUT2D eigenvalue weighted by Crippen LogP contribution is 2.23. The van der Waals surface area contributed by atoms with E-state index in [1.54, 1.807) is 12.1 Å². The number of rotatable bonds is 1. The molecule has 0 radical (unpaired) electrons. The van der Waals surface area contributed by atoms with Crippen molar-refractivity contribution >= 4 is 5.97 Å². The molecule has 1 atom stereocenters. The summed E-state index contributed by atoms with van der Waals surface area (Å²) in [4.78, 5) is 10.8. The van der Waals surface area contributed by atoms with E-state index in [4.69, 9.17) is 5.11 Å². The maximum atomic E-state index is 10.8. The van der Waals surface area contributed by atoms with E-state index in [-0.39, 0.29) is 6.04 Å². The summed E-state index contributed by atoms with van der Waals surface area (Å²) in [5, 5.41) is 12.2. The van der Waals surface area contributed by atoms with E-state index in [0.717, 1.165) is 18.5 Å². The Kier molecular flexibility index (Phi) is 2.25. The van der Waals surface area contributed by atoms with Crippen LogP contribution in [0.2, 0.25) is 0 Å². The summed E-state index contributed by atoms with van der Waals surface area (Å²) in [6.45, 7) is 3.03. The lowest BCUT2D eigenvalue weighted by molar-refractivity contribution is 0.0696. The first-order valence-electron chi connectivity index (χ1n) is 4.78. The van der Waals surface area contributed by atoms with Crippen LogP contribution in [0, 0.1) is 0 Å². The third kappa shape index (κ3) is 1.51. The summed E-state index contributed by atoms with van der Waals surface area (Å²) in [5.74, 6) is -0.856. The molecule has 0 fully saturated rings. The van der Waals surface area contributed by atoms with Gasteiger partial charge in [-0.05, 0) is 43.1 Å². The number of carbonyl (C=O) groups is 1. The van der Waals surface area contributed by atoms with E-state index in [1.165, 1.54) is 5.56 Å². The Morgan fingerprint density at radius 2 is 2.36 bits per heavy atom. The van der Waals surface area contributed by atoms with Crippen molar-refractivity contribution in [2.45, 2.75) is 19.4 Å². The number of fused-ring (bicyclic) bond motifs is 1. The Morgan fingerprint density at radius 3 is 3.07 bits per heavy atom. The van der Waals surface area contributed by atoms with Crippen molar-refractivity contribution in [3.8, 4) is 0 Å². The SMILES string of the molecule is C[C@H]1NCCc2ccc(C(=O)O)cc21. The molecule has 1 aliphatic rings. The molecule has 1 aromatic carbocycles. The lowest BCUT2D eigenvalue weighted by Gasteiger charge is -2.24. The molecule has 0 saturated carbocycles. The van der Waals surface area contributed by atoms with E-state index in [9.17, 15) is 4.79 Å². The Balaban J connectivity index is 2.45. The Bertz CT molecular complexity index is 374. The zero-order valence-electron chi connectivity index (χ0n) is 8.08. The third-order valence-electron chi connectivity index (χ3n) is 2.70. The predicted octanol–water partition coefficient (Wildman–Crippen LogP) is 1.59. The average Bonchev–Trinajstić information content (AvgIpc) is 2.18. The third-order valence-corrected chi connectivity index (χ3v) is 2.70. The van der Waals surface area contributed by atoms with Gasteiger partial charge in [-0.3, -0.25) is 0 Å². The van der Waals surface area contributed by atoms with Crippen molar-refractivity contribution in [2.24, 2.45) is 0 Å². The van der Waals surface area contributed by atoms with E-state index in [1.807, 2.05) is 6.07 Å². The molecule has 0 aliphatic carbocycles. The number of hydrogen-bond donors (Lipinski definition) is 2. The highest BCUT2D eigenvalue weighted by molar-refractivity contribution is 5.88. The zero-order chi connectivity index (χ0) is 10.1. The summed E-state index contributed by atoms with van der Waals surface area (Å²) in [6, 6.07) is 5.64. The van der Waals surface area contributed by atoms with Crippen LogP contribution in [0.1, 0.15) is 34.5 Å². The Labute approximate surface area is 82.8 Å². The van der Waals surface area contributed by atoms with Gasteiger partial charge >= 0.3 is 5.97 Å². The summed E-state index contributed by atoms with van der Waals surface area (Å²) >= 11 is 0. The Hall–Kier alpha value is -1.35. The van der Waals surface area contributed by atoms with Crippen LogP contribution in [0.25, 0.3) is 0 Å². The molecule has 3 nitrogen and oxygen atoms in total. The van der Waals surface area contributed by atoms with Crippen molar-refractivity contribution in [2.75, 3.05) is 6.54 Å². The first-order chi connectivity index (χ1) is 6.68. The maximum Gasteiger partial charge on any atom is 0.335 e. The van der Waals surface area contributed by atoms with Gasteiger partial charge in [0.2, 0.25) is 0 Å². The van der Waals surface area contributed by atoms with Crippen LogP contribution in [0.15, 0.2) is 18.2 Å². The zero-order valence-corrected chi connectivity index (χ0v) is 8.08. The summed E-state index contributed by atoms with van der Waals surface area (Å²) in [5.41, 5.74) is 2.76. The molecule has 2 N–H and O–H groups in total. The minimum Gasteiger partial charge on any atom is -0.478 e. The smallest absolute Gasteiger partial charge is 0.335 e. The normalized spacial score (nSPS) is 20.2. The molecule has 2 rings (SSSR count). The number of carboxylic acids is 1. The molecule has 1 aromatic rings. The van der Waals surface area contributed by atoms with E-state index in [2.05, 4.69) is 12.2 Å². The van der Waals surface area contributed by atoms with Gasteiger partial charge in [0.1, 0.15) is 0 Å². The van der Waals surface area contributed by atoms with Crippen LogP contribution in [0.3, 0.4) is 0 Å². The van der Waals surface area contributed by atoms with Crippen molar-refractivity contribution in [3.05, 3.63) is 34.9 Å². The average molecular weight is 191 g/mol. The van der Waals surface area contributed by atoms with E-state index < -0.39 is 5.97 Å². The van der Waals surface area contributed by atoms with Gasteiger partial charge in [-0.15, -0.1) is 0 Å². The van der Waals surface area contributed by atoms with Gasteiger partial charge in [-0.2, -0.15) is 0 Å². The molecule has 0 aromatic heterocycles. The molecule has 3 heteroatoms. The van der Waals surface area contributed by atoms with Crippen molar-refractivity contribution < 1.29 is 9.90 Å². The van der Waals surface area contributed by atoms with Crippen molar-refractivity contribution in [1.82, 2.24) is 5.32 Å². The predicted molar refractivity (Wildman–Crippen MR) is 53.5 cm³/mol. The molecular formula is C11H13NO2. The van der Waals surface area contributed by atoms with Gasteiger partial charge in [0.05, 0.1) is 5.56 Å². The molecular weight excluding hydrogens is 178 g/mol. The van der Waals surface area contributed by atoms with E-state index in [0.29, 0.717) is 5.56 Å². The van der Waals surface area contributed by atoms with Crippen LogP contribution in [-0.2, 0) is 6.42 Å². The fraction of sp³-hybridized carbons (Fsp3) is 0.364. The van der Waals surface area contributed by atoms with Crippen LogP contribution >= 0.6 is 0 Å².